The van der Waals surface area contributed by atoms with Crippen molar-refractivity contribution in [3.63, 3.8) is 0 Å². The zero-order valence-electron chi connectivity index (χ0n) is 7.71. The Hall–Kier alpha value is -0.600. The first kappa shape index (κ1) is 9.94. The van der Waals surface area contributed by atoms with Crippen molar-refractivity contribution in [1.82, 2.24) is 0 Å². The summed E-state index contributed by atoms with van der Waals surface area (Å²) in [5, 5.41) is 9.79. The van der Waals surface area contributed by atoms with Gasteiger partial charge in [-0.2, -0.15) is 0 Å². The maximum absolute atomic E-state index is 13.1. The van der Waals surface area contributed by atoms with Gasteiger partial charge in [0, 0.05) is 5.92 Å². The molecule has 1 aromatic rings. The van der Waals surface area contributed by atoms with Gasteiger partial charge in [0.15, 0.2) is 0 Å². The van der Waals surface area contributed by atoms with Crippen LogP contribution in [0.15, 0.2) is 18.2 Å². The highest BCUT2D eigenvalue weighted by Gasteiger charge is 2.26. The van der Waals surface area contributed by atoms with Crippen molar-refractivity contribution in [1.29, 1.82) is 0 Å². The molecule has 3 heteroatoms. The average Bonchev–Trinajstić information content (AvgIpc) is 2.57. The lowest BCUT2D eigenvalue weighted by Gasteiger charge is -2.14. The summed E-state index contributed by atoms with van der Waals surface area (Å²) in [6.07, 6.45) is 2.43. The molecule has 1 aromatic carbocycles. The zero-order chi connectivity index (χ0) is 10.1. The van der Waals surface area contributed by atoms with Crippen molar-refractivity contribution in [3.05, 3.63) is 34.6 Å². The first-order valence-corrected chi connectivity index (χ1v) is 5.19. The van der Waals surface area contributed by atoms with E-state index in [-0.39, 0.29) is 17.0 Å². The van der Waals surface area contributed by atoms with Crippen LogP contribution in [0.2, 0.25) is 5.02 Å². The summed E-state index contributed by atoms with van der Waals surface area (Å²) in [4.78, 5) is 0. The summed E-state index contributed by atoms with van der Waals surface area (Å²) in [6, 6.07) is 4.78. The molecule has 2 atom stereocenters. The van der Waals surface area contributed by atoms with Crippen LogP contribution in [0.1, 0.15) is 30.7 Å². The molecule has 1 nitrogen and oxygen atoms in total. The van der Waals surface area contributed by atoms with Gasteiger partial charge in [0.25, 0.3) is 0 Å². The van der Waals surface area contributed by atoms with E-state index in [9.17, 15) is 9.50 Å². The van der Waals surface area contributed by atoms with Gasteiger partial charge in [-0.1, -0.05) is 24.1 Å². The van der Waals surface area contributed by atoms with Crippen LogP contribution in [0, 0.1) is 5.82 Å². The van der Waals surface area contributed by atoms with E-state index in [0.29, 0.717) is 0 Å². The van der Waals surface area contributed by atoms with E-state index in [2.05, 4.69) is 0 Å². The van der Waals surface area contributed by atoms with Crippen LogP contribution >= 0.6 is 11.6 Å². The van der Waals surface area contributed by atoms with E-state index in [1.165, 1.54) is 6.07 Å². The molecule has 1 aliphatic carbocycles. The number of aliphatic hydroxyl groups is 1. The monoisotopic (exact) mass is 214 g/mol. The maximum Gasteiger partial charge on any atom is 0.142 e. The van der Waals surface area contributed by atoms with E-state index in [1.54, 1.807) is 12.1 Å². The first-order chi connectivity index (χ1) is 6.68. The number of rotatable bonds is 1. The molecule has 0 amide bonds. The highest BCUT2D eigenvalue weighted by Crippen LogP contribution is 2.35. The number of hydrogen-bond donors (Lipinski definition) is 1. The Morgan fingerprint density at radius 1 is 1.36 bits per heavy atom. The third kappa shape index (κ3) is 1.77. The van der Waals surface area contributed by atoms with Crippen molar-refractivity contribution >= 4 is 11.6 Å². The molecule has 1 aliphatic rings. The van der Waals surface area contributed by atoms with Crippen molar-refractivity contribution < 1.29 is 9.50 Å². The zero-order valence-corrected chi connectivity index (χ0v) is 8.47. The van der Waals surface area contributed by atoms with Gasteiger partial charge in [0.05, 0.1) is 11.1 Å². The minimum absolute atomic E-state index is 0.0850. The number of benzene rings is 1. The Kier molecular flexibility index (Phi) is 2.75. The van der Waals surface area contributed by atoms with Gasteiger partial charge in [-0.15, -0.1) is 0 Å². The van der Waals surface area contributed by atoms with Gasteiger partial charge in [-0.05, 0) is 30.5 Å². The fourth-order valence-electron chi connectivity index (χ4n) is 2.07. The van der Waals surface area contributed by atoms with Crippen LogP contribution in [-0.2, 0) is 0 Å². The molecule has 1 saturated carbocycles. The number of halogens is 2. The molecule has 1 fully saturated rings. The molecule has 1 N–H and O–H groups in total. The highest BCUT2D eigenvalue weighted by atomic mass is 35.5. The van der Waals surface area contributed by atoms with E-state index < -0.39 is 5.82 Å². The lowest BCUT2D eigenvalue weighted by Crippen LogP contribution is -2.11. The van der Waals surface area contributed by atoms with Gasteiger partial charge >= 0.3 is 0 Å². The average molecular weight is 215 g/mol. The topological polar surface area (TPSA) is 20.2 Å². The van der Waals surface area contributed by atoms with Gasteiger partial charge in [0.1, 0.15) is 5.82 Å². The molecular formula is C11H12ClFO. The van der Waals surface area contributed by atoms with Crippen LogP contribution in [0.3, 0.4) is 0 Å². The largest absolute Gasteiger partial charge is 0.392 e. The second-order valence-corrected chi connectivity index (χ2v) is 4.19. The molecule has 0 saturated heterocycles. The second kappa shape index (κ2) is 3.87. The molecule has 14 heavy (non-hydrogen) atoms. The van der Waals surface area contributed by atoms with E-state index in [4.69, 9.17) is 11.6 Å². The molecular weight excluding hydrogens is 203 g/mol. The van der Waals surface area contributed by atoms with Crippen LogP contribution in [0.25, 0.3) is 0 Å². The maximum atomic E-state index is 13.1. The van der Waals surface area contributed by atoms with Crippen molar-refractivity contribution in [3.8, 4) is 0 Å². The summed E-state index contributed by atoms with van der Waals surface area (Å²) < 4.78 is 13.1. The summed E-state index contributed by atoms with van der Waals surface area (Å²) in [5.74, 6) is -0.315. The molecule has 0 heterocycles. The molecule has 2 rings (SSSR count). The summed E-state index contributed by atoms with van der Waals surface area (Å²) in [7, 11) is 0. The van der Waals surface area contributed by atoms with E-state index in [0.717, 1.165) is 24.8 Å². The van der Waals surface area contributed by atoms with Gasteiger partial charge in [-0.3, -0.25) is 0 Å². The molecule has 0 aromatic heterocycles. The molecule has 0 bridgehead atoms. The van der Waals surface area contributed by atoms with Crippen LogP contribution < -0.4 is 0 Å². The fourth-order valence-corrected chi connectivity index (χ4v) is 2.19. The Morgan fingerprint density at radius 2 is 2.14 bits per heavy atom. The van der Waals surface area contributed by atoms with Gasteiger partial charge in [-0.25, -0.2) is 4.39 Å². The van der Waals surface area contributed by atoms with Crippen LogP contribution in [0.4, 0.5) is 4.39 Å². The van der Waals surface area contributed by atoms with Crippen molar-refractivity contribution in [2.24, 2.45) is 0 Å². The minimum atomic E-state index is -0.400. The van der Waals surface area contributed by atoms with Gasteiger partial charge < -0.3 is 5.11 Å². The third-order valence-corrected chi connectivity index (χ3v) is 3.16. The first-order valence-electron chi connectivity index (χ1n) is 4.81. The van der Waals surface area contributed by atoms with Crippen LogP contribution in [-0.4, -0.2) is 11.2 Å². The second-order valence-electron chi connectivity index (χ2n) is 3.78. The summed E-state index contributed by atoms with van der Waals surface area (Å²) >= 11 is 5.59. The highest BCUT2D eigenvalue weighted by molar-refractivity contribution is 6.30. The Bertz CT molecular complexity index is 340. The fraction of sp³-hybridized carbons (Fsp3) is 0.455. The molecule has 0 aliphatic heterocycles. The normalized spacial score (nSPS) is 26.8. The van der Waals surface area contributed by atoms with Crippen molar-refractivity contribution in [2.45, 2.75) is 31.3 Å². The molecule has 0 radical (unpaired) electrons. The van der Waals surface area contributed by atoms with Gasteiger partial charge in [0.2, 0.25) is 0 Å². The lowest BCUT2D eigenvalue weighted by atomic mass is 9.96. The molecule has 76 valence electrons. The smallest absolute Gasteiger partial charge is 0.142 e. The van der Waals surface area contributed by atoms with E-state index >= 15 is 0 Å². The summed E-state index contributed by atoms with van der Waals surface area (Å²) in [6.45, 7) is 0. The SMILES string of the molecule is OC1CCCC1c1ccc(Cl)c(F)c1. The quantitative estimate of drug-likeness (QED) is 0.762. The Labute approximate surface area is 87.5 Å². The Morgan fingerprint density at radius 3 is 2.71 bits per heavy atom. The van der Waals surface area contributed by atoms with Crippen LogP contribution in [0.5, 0.6) is 0 Å². The lowest BCUT2D eigenvalue weighted by molar-refractivity contribution is 0.163. The molecule has 0 spiro atoms. The standard InChI is InChI=1S/C11H12ClFO/c12-9-5-4-7(6-10(9)13)8-2-1-3-11(8)14/h4-6,8,11,14H,1-3H2. The third-order valence-electron chi connectivity index (χ3n) is 2.85. The number of hydrogen-bond acceptors (Lipinski definition) is 1. The summed E-state index contributed by atoms with van der Waals surface area (Å²) in [5.41, 5.74) is 0.858. The number of aliphatic hydroxyl groups excluding tert-OH is 1. The van der Waals surface area contributed by atoms with Crippen molar-refractivity contribution in [2.75, 3.05) is 0 Å². The van der Waals surface area contributed by atoms with E-state index in [1.807, 2.05) is 0 Å². The predicted molar refractivity (Wildman–Crippen MR) is 54.0 cm³/mol. The molecule has 2 unspecified atom stereocenters. The minimum Gasteiger partial charge on any atom is -0.392 e. The predicted octanol–water partition coefficient (Wildman–Crippen LogP) is 3.11. The Balaban J connectivity index is 2.28.